The van der Waals surface area contributed by atoms with Gasteiger partial charge in [-0.3, -0.25) is 4.79 Å². The highest BCUT2D eigenvalue weighted by Gasteiger charge is 2.56. The van der Waals surface area contributed by atoms with Crippen molar-refractivity contribution < 1.29 is 42.1 Å². The number of phenolic OH excluding ortho intramolecular Hbond substituents is 2. The number of carboxylic acids is 1. The molecule has 3 rings (SSSR count). The van der Waals surface area contributed by atoms with Crippen LogP contribution in [0.25, 0.3) is 0 Å². The lowest BCUT2D eigenvalue weighted by molar-refractivity contribution is -0.284. The van der Waals surface area contributed by atoms with Gasteiger partial charge < -0.3 is 15.3 Å². The number of alkyl halides is 5. The first kappa shape index (κ1) is 36.0. The second kappa shape index (κ2) is 16.2. The Morgan fingerprint density at radius 1 is 0.841 bits per heavy atom. The third-order valence-electron chi connectivity index (χ3n) is 9.05. The molecule has 0 radical (unpaired) electrons. The van der Waals surface area contributed by atoms with Crippen molar-refractivity contribution in [2.24, 2.45) is 5.92 Å². The highest BCUT2D eigenvalue weighted by atomic mass is 32.2. The molecule has 1 aliphatic heterocycles. The van der Waals surface area contributed by atoms with E-state index in [0.717, 1.165) is 62.0 Å². The first-order valence-electron chi connectivity index (χ1n) is 15.7. The Labute approximate surface area is 261 Å². The Kier molecular flexibility index (Phi) is 13.2. The maximum absolute atomic E-state index is 13.0. The van der Waals surface area contributed by atoms with Gasteiger partial charge in [0.2, 0.25) is 0 Å². The van der Waals surface area contributed by atoms with Gasteiger partial charge in [-0.05, 0) is 67.0 Å². The summed E-state index contributed by atoms with van der Waals surface area (Å²) in [5.74, 6) is -4.57. The SMILES string of the molecule is CC1(c2ccc(O)cc2)CSc2cc(O)ccc2C1CCCCCCCCCC(CCCCCC(F)(F)C(F)(F)F)C(=O)O. The molecule has 44 heavy (non-hydrogen) atoms. The molecule has 0 saturated carbocycles. The summed E-state index contributed by atoms with van der Waals surface area (Å²) in [5.41, 5.74) is 2.33. The van der Waals surface area contributed by atoms with E-state index in [0.29, 0.717) is 19.3 Å². The minimum Gasteiger partial charge on any atom is -0.508 e. The number of carbonyl (C=O) groups is 1. The molecule has 0 amide bonds. The second-order valence-corrected chi connectivity index (χ2v) is 13.4. The van der Waals surface area contributed by atoms with E-state index in [-0.39, 0.29) is 35.7 Å². The lowest BCUT2D eigenvalue weighted by atomic mass is 9.68. The molecule has 3 unspecified atom stereocenters. The minimum atomic E-state index is -5.54. The van der Waals surface area contributed by atoms with E-state index >= 15 is 0 Å². The van der Waals surface area contributed by atoms with Crippen LogP contribution in [0.4, 0.5) is 22.0 Å². The first-order valence-corrected chi connectivity index (χ1v) is 16.7. The van der Waals surface area contributed by atoms with Crippen molar-refractivity contribution in [3.8, 4) is 11.5 Å². The van der Waals surface area contributed by atoms with Gasteiger partial charge in [0, 0.05) is 22.5 Å². The van der Waals surface area contributed by atoms with Crippen LogP contribution in [-0.4, -0.2) is 39.1 Å². The van der Waals surface area contributed by atoms with E-state index in [9.17, 15) is 42.1 Å². The number of carboxylic acid groups (broad SMARTS) is 1. The Balaban J connectivity index is 1.36. The summed E-state index contributed by atoms with van der Waals surface area (Å²) < 4.78 is 62.8. The van der Waals surface area contributed by atoms with E-state index in [4.69, 9.17) is 0 Å². The van der Waals surface area contributed by atoms with Crippen LogP contribution < -0.4 is 0 Å². The molecule has 2 aromatic carbocycles. The van der Waals surface area contributed by atoms with E-state index in [1.165, 1.54) is 11.1 Å². The number of hydrogen-bond donors (Lipinski definition) is 3. The number of phenols is 2. The highest BCUT2D eigenvalue weighted by Crippen LogP contribution is 2.52. The standard InChI is InChI=1S/C34H45F5O4S/c1-32(25-15-17-26(40)18-16-25)23-44-30-22-27(41)19-20-28(30)29(32)14-10-6-4-2-3-5-8-12-24(31(42)43)13-9-7-11-21-33(35,36)34(37,38)39/h15-20,22,24,29,40-41H,2-14,21,23H2,1H3,(H,42,43). The molecule has 10 heteroatoms. The number of thioether (sulfide) groups is 1. The molecule has 1 aliphatic rings. The van der Waals surface area contributed by atoms with Gasteiger partial charge in [0.25, 0.3) is 0 Å². The molecule has 0 spiro atoms. The zero-order chi connectivity index (χ0) is 32.4. The molecule has 246 valence electrons. The number of rotatable bonds is 18. The largest absolute Gasteiger partial charge is 0.508 e. The predicted octanol–water partition coefficient (Wildman–Crippen LogP) is 10.6. The van der Waals surface area contributed by atoms with Crippen LogP contribution in [-0.2, 0) is 10.2 Å². The van der Waals surface area contributed by atoms with Crippen LogP contribution in [0.15, 0.2) is 47.4 Å². The fraction of sp³-hybridized carbons (Fsp3) is 0.618. The fourth-order valence-corrected chi connectivity index (χ4v) is 7.68. The third kappa shape index (κ3) is 10.0. The van der Waals surface area contributed by atoms with Crippen molar-refractivity contribution in [3.05, 3.63) is 53.6 Å². The van der Waals surface area contributed by atoms with Gasteiger partial charge in [-0.1, -0.05) is 82.9 Å². The van der Waals surface area contributed by atoms with E-state index in [2.05, 4.69) is 6.92 Å². The van der Waals surface area contributed by atoms with Crippen molar-refractivity contribution >= 4 is 17.7 Å². The molecule has 3 N–H and O–H groups in total. The molecule has 0 saturated heterocycles. The minimum absolute atomic E-state index is 0.114. The number of benzene rings is 2. The Morgan fingerprint density at radius 2 is 1.39 bits per heavy atom. The molecule has 2 aromatic rings. The zero-order valence-electron chi connectivity index (χ0n) is 25.4. The maximum Gasteiger partial charge on any atom is 0.453 e. The van der Waals surface area contributed by atoms with Crippen LogP contribution in [0.5, 0.6) is 11.5 Å². The second-order valence-electron chi connectivity index (χ2n) is 12.4. The Bertz CT molecular complexity index is 1190. The van der Waals surface area contributed by atoms with Gasteiger partial charge in [-0.2, -0.15) is 22.0 Å². The van der Waals surface area contributed by atoms with Gasteiger partial charge >= 0.3 is 18.1 Å². The third-order valence-corrected chi connectivity index (χ3v) is 10.5. The average molecular weight is 645 g/mol. The molecule has 0 aromatic heterocycles. The summed E-state index contributed by atoms with van der Waals surface area (Å²) in [7, 11) is 0. The van der Waals surface area contributed by atoms with E-state index in [1.54, 1.807) is 30.0 Å². The summed E-state index contributed by atoms with van der Waals surface area (Å²) in [5, 5.41) is 29.3. The van der Waals surface area contributed by atoms with Crippen molar-refractivity contribution in [2.75, 3.05) is 5.75 Å². The molecule has 1 heterocycles. The predicted molar refractivity (Wildman–Crippen MR) is 164 cm³/mol. The number of hydrogen-bond acceptors (Lipinski definition) is 4. The molecule has 3 atom stereocenters. The average Bonchev–Trinajstić information content (AvgIpc) is 2.95. The normalized spacial score (nSPS) is 19.5. The van der Waals surface area contributed by atoms with Crippen LogP contribution in [0.3, 0.4) is 0 Å². The fourth-order valence-electron chi connectivity index (χ4n) is 6.28. The number of halogens is 5. The van der Waals surface area contributed by atoms with Gasteiger partial charge in [-0.25, -0.2) is 0 Å². The van der Waals surface area contributed by atoms with Gasteiger partial charge in [0.1, 0.15) is 11.5 Å². The van der Waals surface area contributed by atoms with Gasteiger partial charge in [0.05, 0.1) is 5.92 Å². The zero-order valence-corrected chi connectivity index (χ0v) is 26.2. The van der Waals surface area contributed by atoms with Crippen molar-refractivity contribution in [3.63, 3.8) is 0 Å². The summed E-state index contributed by atoms with van der Waals surface area (Å²) >= 11 is 1.76. The van der Waals surface area contributed by atoms with Crippen LogP contribution >= 0.6 is 11.8 Å². The molecule has 0 bridgehead atoms. The van der Waals surface area contributed by atoms with Gasteiger partial charge in [0.15, 0.2) is 0 Å². The quantitative estimate of drug-likeness (QED) is 0.111. The van der Waals surface area contributed by atoms with Gasteiger partial charge in [-0.15, -0.1) is 11.8 Å². The monoisotopic (exact) mass is 644 g/mol. The summed E-state index contributed by atoms with van der Waals surface area (Å²) in [6, 6.07) is 13.1. The highest BCUT2D eigenvalue weighted by molar-refractivity contribution is 7.99. The van der Waals surface area contributed by atoms with E-state index in [1.807, 2.05) is 24.3 Å². The number of aliphatic carboxylic acids is 1. The smallest absolute Gasteiger partial charge is 0.453 e. The Hall–Kier alpha value is -2.49. The van der Waals surface area contributed by atoms with Crippen LogP contribution in [0.2, 0.25) is 0 Å². The summed E-state index contributed by atoms with van der Waals surface area (Å²) in [6.45, 7) is 2.28. The molecule has 4 nitrogen and oxygen atoms in total. The van der Waals surface area contributed by atoms with Crippen molar-refractivity contribution in [1.29, 1.82) is 0 Å². The molecule has 0 fully saturated rings. The molecular formula is C34H45F5O4S. The Morgan fingerprint density at radius 3 is 1.98 bits per heavy atom. The van der Waals surface area contributed by atoms with E-state index < -0.39 is 30.4 Å². The lowest BCUT2D eigenvalue weighted by Crippen LogP contribution is -2.36. The number of aromatic hydroxyl groups is 2. The topological polar surface area (TPSA) is 77.8 Å². The number of fused-ring (bicyclic) bond motifs is 1. The van der Waals surface area contributed by atoms with Crippen molar-refractivity contribution in [1.82, 2.24) is 0 Å². The molecular weight excluding hydrogens is 599 g/mol. The summed E-state index contributed by atoms with van der Waals surface area (Å²) in [4.78, 5) is 12.7. The van der Waals surface area contributed by atoms with Crippen molar-refractivity contribution in [2.45, 2.75) is 125 Å². The van der Waals surface area contributed by atoms with Crippen LogP contribution in [0.1, 0.15) is 114 Å². The maximum atomic E-state index is 13.0. The van der Waals surface area contributed by atoms with Crippen LogP contribution in [0, 0.1) is 5.92 Å². The molecule has 0 aliphatic carbocycles. The summed E-state index contributed by atoms with van der Waals surface area (Å²) in [6.07, 6.45) is 2.05. The first-order chi connectivity index (χ1) is 20.7. The lowest BCUT2D eigenvalue weighted by Gasteiger charge is -2.43. The number of unbranched alkanes of at least 4 members (excludes halogenated alkanes) is 8.